The predicted molar refractivity (Wildman–Crippen MR) is 82.7 cm³/mol. The molecule has 0 saturated heterocycles. The first-order valence-corrected chi connectivity index (χ1v) is 7.94. The molecule has 24 heavy (non-hydrogen) atoms. The quantitative estimate of drug-likeness (QED) is 0.832. The van der Waals surface area contributed by atoms with Crippen LogP contribution in [-0.4, -0.2) is 23.6 Å². The van der Waals surface area contributed by atoms with E-state index in [1.807, 2.05) is 6.92 Å². The average molecular weight is 341 g/mol. The summed E-state index contributed by atoms with van der Waals surface area (Å²) in [6.07, 6.45) is 2.16. The summed E-state index contributed by atoms with van der Waals surface area (Å²) in [4.78, 5) is 23.2. The van der Waals surface area contributed by atoms with E-state index < -0.39 is 12.6 Å². The van der Waals surface area contributed by atoms with Gasteiger partial charge in [0.2, 0.25) is 5.91 Å². The van der Waals surface area contributed by atoms with E-state index in [2.05, 4.69) is 10.1 Å². The molecule has 1 unspecified atom stereocenters. The van der Waals surface area contributed by atoms with Crippen molar-refractivity contribution in [3.8, 4) is 5.75 Å². The van der Waals surface area contributed by atoms with Crippen molar-refractivity contribution < 1.29 is 28.2 Å². The summed E-state index contributed by atoms with van der Waals surface area (Å²) >= 11 is 0. The van der Waals surface area contributed by atoms with Crippen molar-refractivity contribution in [2.24, 2.45) is 11.8 Å². The van der Waals surface area contributed by atoms with Gasteiger partial charge in [-0.25, -0.2) is 0 Å². The Morgan fingerprint density at radius 1 is 1.12 bits per heavy atom. The fourth-order valence-electron chi connectivity index (χ4n) is 2.96. The van der Waals surface area contributed by atoms with Crippen LogP contribution < -0.4 is 10.1 Å². The van der Waals surface area contributed by atoms with Crippen molar-refractivity contribution in [3.05, 3.63) is 29.8 Å². The number of carboxylic acids is 1. The van der Waals surface area contributed by atoms with Crippen molar-refractivity contribution in [1.29, 1.82) is 0 Å². The third kappa shape index (κ3) is 4.91. The summed E-state index contributed by atoms with van der Waals surface area (Å²) in [5, 5.41) is 11.9. The topological polar surface area (TPSA) is 75.6 Å². The number of halogens is 2. The molecular weight excluding hydrogens is 320 g/mol. The van der Waals surface area contributed by atoms with E-state index in [0.717, 1.165) is 5.56 Å². The number of hydrogen-bond acceptors (Lipinski definition) is 3. The molecule has 1 amide bonds. The van der Waals surface area contributed by atoms with Gasteiger partial charge in [-0.15, -0.1) is 0 Å². The second-order valence-electron chi connectivity index (χ2n) is 6.06. The molecule has 5 nitrogen and oxygen atoms in total. The summed E-state index contributed by atoms with van der Waals surface area (Å²) in [6, 6.07) is 5.86. The summed E-state index contributed by atoms with van der Waals surface area (Å²) in [5.74, 6) is -1.36. The number of ether oxygens (including phenoxy) is 1. The highest BCUT2D eigenvalue weighted by Gasteiger charge is 2.30. The molecule has 0 spiro atoms. The number of carbonyl (C=O) groups is 2. The minimum absolute atomic E-state index is 0.0688. The van der Waals surface area contributed by atoms with E-state index in [0.29, 0.717) is 25.7 Å². The minimum atomic E-state index is -2.87. The van der Waals surface area contributed by atoms with Crippen LogP contribution in [0, 0.1) is 11.8 Å². The fourth-order valence-corrected chi connectivity index (χ4v) is 2.96. The second-order valence-corrected chi connectivity index (χ2v) is 6.06. The molecule has 2 N–H and O–H groups in total. The first-order valence-electron chi connectivity index (χ1n) is 7.94. The molecule has 2 rings (SSSR count). The zero-order chi connectivity index (χ0) is 17.7. The number of alkyl halides is 2. The summed E-state index contributed by atoms with van der Waals surface area (Å²) in [6.45, 7) is -1.06. The van der Waals surface area contributed by atoms with Crippen molar-refractivity contribution in [3.63, 3.8) is 0 Å². The SMILES string of the molecule is CC(NC(=O)C1CCC(C(=O)O)CC1)c1ccc(OC(F)F)cc1. The largest absolute Gasteiger partial charge is 0.481 e. The zero-order valence-corrected chi connectivity index (χ0v) is 13.4. The third-order valence-corrected chi connectivity index (χ3v) is 4.41. The van der Waals surface area contributed by atoms with Gasteiger partial charge in [-0.2, -0.15) is 8.78 Å². The van der Waals surface area contributed by atoms with Gasteiger partial charge in [0.25, 0.3) is 0 Å². The van der Waals surface area contributed by atoms with Crippen LogP contribution in [0.3, 0.4) is 0 Å². The summed E-state index contributed by atoms with van der Waals surface area (Å²) in [5.41, 5.74) is 0.782. The number of nitrogens with one attached hydrogen (secondary N) is 1. The molecule has 0 heterocycles. The number of carbonyl (C=O) groups excluding carboxylic acids is 1. The maximum absolute atomic E-state index is 12.3. The molecule has 1 aromatic rings. The molecule has 0 aliphatic heterocycles. The lowest BCUT2D eigenvalue weighted by atomic mass is 9.81. The van der Waals surface area contributed by atoms with Crippen molar-refractivity contribution in [2.45, 2.75) is 45.3 Å². The van der Waals surface area contributed by atoms with Gasteiger partial charge in [0, 0.05) is 5.92 Å². The van der Waals surface area contributed by atoms with Gasteiger partial charge in [-0.05, 0) is 50.3 Å². The minimum Gasteiger partial charge on any atom is -0.481 e. The zero-order valence-electron chi connectivity index (χ0n) is 13.4. The van der Waals surface area contributed by atoms with Crippen molar-refractivity contribution in [1.82, 2.24) is 5.32 Å². The molecule has 1 aromatic carbocycles. The summed E-state index contributed by atoms with van der Waals surface area (Å²) in [7, 11) is 0. The van der Waals surface area contributed by atoms with Gasteiger partial charge in [-0.3, -0.25) is 9.59 Å². The van der Waals surface area contributed by atoms with E-state index in [9.17, 15) is 18.4 Å². The van der Waals surface area contributed by atoms with Crippen LogP contribution in [0.2, 0.25) is 0 Å². The second kappa shape index (κ2) is 8.08. The lowest BCUT2D eigenvalue weighted by molar-refractivity contribution is -0.144. The van der Waals surface area contributed by atoms with E-state index in [-0.39, 0.29) is 29.5 Å². The van der Waals surface area contributed by atoms with Gasteiger partial charge in [-0.1, -0.05) is 12.1 Å². The van der Waals surface area contributed by atoms with Crippen molar-refractivity contribution >= 4 is 11.9 Å². The predicted octanol–water partition coefficient (Wildman–Crippen LogP) is 3.36. The lowest BCUT2D eigenvalue weighted by Crippen LogP contribution is -2.35. The number of amides is 1. The maximum Gasteiger partial charge on any atom is 0.387 e. The van der Waals surface area contributed by atoms with E-state index in [1.165, 1.54) is 12.1 Å². The van der Waals surface area contributed by atoms with Crippen LogP contribution in [0.25, 0.3) is 0 Å². The Labute approximate surface area is 139 Å². The normalized spacial score (nSPS) is 22.0. The van der Waals surface area contributed by atoms with Crippen LogP contribution in [0.1, 0.15) is 44.2 Å². The Bertz CT molecular complexity index is 568. The fraction of sp³-hybridized carbons (Fsp3) is 0.529. The van der Waals surface area contributed by atoms with Crippen molar-refractivity contribution in [2.75, 3.05) is 0 Å². The number of hydrogen-bond donors (Lipinski definition) is 2. The Kier molecular flexibility index (Phi) is 6.11. The average Bonchev–Trinajstić information content (AvgIpc) is 2.55. The number of benzene rings is 1. The van der Waals surface area contributed by atoms with Gasteiger partial charge >= 0.3 is 12.6 Å². The molecule has 0 aromatic heterocycles. The first kappa shape index (κ1) is 18.2. The third-order valence-electron chi connectivity index (χ3n) is 4.41. The highest BCUT2D eigenvalue weighted by Crippen LogP contribution is 2.29. The molecule has 1 atom stereocenters. The smallest absolute Gasteiger partial charge is 0.387 e. The van der Waals surface area contributed by atoms with Gasteiger partial charge in [0.1, 0.15) is 5.75 Å². The van der Waals surface area contributed by atoms with Gasteiger partial charge in [0.05, 0.1) is 12.0 Å². The molecule has 132 valence electrons. The van der Waals surface area contributed by atoms with E-state index in [1.54, 1.807) is 12.1 Å². The molecule has 0 bridgehead atoms. The Morgan fingerprint density at radius 2 is 1.67 bits per heavy atom. The number of aliphatic carboxylic acids is 1. The Morgan fingerprint density at radius 3 is 2.17 bits per heavy atom. The van der Waals surface area contributed by atoms with Crippen LogP contribution >= 0.6 is 0 Å². The number of carboxylic acid groups (broad SMARTS) is 1. The first-order chi connectivity index (χ1) is 11.4. The van der Waals surface area contributed by atoms with Gasteiger partial charge in [0.15, 0.2) is 0 Å². The van der Waals surface area contributed by atoms with Crippen LogP contribution in [0.15, 0.2) is 24.3 Å². The molecule has 0 radical (unpaired) electrons. The standard InChI is InChI=1S/C17H21F2NO4/c1-10(11-6-8-14(9-7-11)24-17(18)19)20-15(21)12-2-4-13(5-3-12)16(22)23/h6-10,12-13,17H,2-5H2,1H3,(H,20,21)(H,22,23). The molecule has 1 aliphatic carbocycles. The van der Waals surface area contributed by atoms with Crippen LogP contribution in [0.5, 0.6) is 5.75 Å². The molecule has 1 saturated carbocycles. The highest BCUT2D eigenvalue weighted by molar-refractivity contribution is 5.79. The van der Waals surface area contributed by atoms with E-state index in [4.69, 9.17) is 5.11 Å². The lowest BCUT2D eigenvalue weighted by Gasteiger charge is -2.26. The molecule has 1 aliphatic rings. The van der Waals surface area contributed by atoms with Gasteiger partial charge < -0.3 is 15.2 Å². The summed E-state index contributed by atoms with van der Waals surface area (Å²) < 4.78 is 28.5. The number of rotatable bonds is 6. The van der Waals surface area contributed by atoms with Crippen LogP contribution in [-0.2, 0) is 9.59 Å². The van der Waals surface area contributed by atoms with Crippen LogP contribution in [0.4, 0.5) is 8.78 Å². The monoisotopic (exact) mass is 341 g/mol. The Hall–Kier alpha value is -2.18. The molecule has 7 heteroatoms. The highest BCUT2D eigenvalue weighted by atomic mass is 19.3. The molecule has 1 fully saturated rings. The maximum atomic E-state index is 12.3. The Balaban J connectivity index is 1.86. The van der Waals surface area contributed by atoms with E-state index >= 15 is 0 Å². The molecular formula is C17H21F2NO4.